The SMILES string of the molecule is CC(C)(CC(=O)O)c1cc(Br)cc(F)c1O. The molecule has 0 spiro atoms. The topological polar surface area (TPSA) is 57.5 Å². The van der Waals surface area contributed by atoms with Gasteiger partial charge in [0.15, 0.2) is 11.6 Å². The third-order valence-electron chi connectivity index (χ3n) is 2.35. The lowest BCUT2D eigenvalue weighted by atomic mass is 9.81. The average Bonchev–Trinajstić information content (AvgIpc) is 2.08. The molecule has 0 aliphatic heterocycles. The molecule has 16 heavy (non-hydrogen) atoms. The van der Waals surface area contributed by atoms with E-state index in [1.807, 2.05) is 0 Å². The number of aliphatic carboxylic acids is 1. The highest BCUT2D eigenvalue weighted by Crippen LogP contribution is 2.37. The second kappa shape index (κ2) is 4.41. The molecule has 1 rings (SSSR count). The minimum Gasteiger partial charge on any atom is -0.505 e. The third kappa shape index (κ3) is 2.72. The molecule has 0 unspecified atom stereocenters. The van der Waals surface area contributed by atoms with Crippen LogP contribution in [0.5, 0.6) is 5.75 Å². The maximum Gasteiger partial charge on any atom is 0.304 e. The summed E-state index contributed by atoms with van der Waals surface area (Å²) in [4.78, 5) is 10.7. The zero-order valence-corrected chi connectivity index (χ0v) is 10.5. The fourth-order valence-corrected chi connectivity index (χ4v) is 1.99. The van der Waals surface area contributed by atoms with Crippen LogP contribution in [-0.2, 0) is 10.2 Å². The molecule has 0 amide bonds. The summed E-state index contributed by atoms with van der Waals surface area (Å²) >= 11 is 3.11. The Morgan fingerprint density at radius 1 is 1.50 bits per heavy atom. The molecule has 0 aromatic heterocycles. The van der Waals surface area contributed by atoms with Crippen molar-refractivity contribution in [1.29, 1.82) is 0 Å². The van der Waals surface area contributed by atoms with Crippen LogP contribution < -0.4 is 0 Å². The van der Waals surface area contributed by atoms with E-state index in [0.717, 1.165) is 6.07 Å². The van der Waals surface area contributed by atoms with Gasteiger partial charge >= 0.3 is 5.97 Å². The lowest BCUT2D eigenvalue weighted by Gasteiger charge is -2.24. The fraction of sp³-hybridized carbons (Fsp3) is 0.364. The predicted octanol–water partition coefficient (Wildman–Crippen LogP) is 3.05. The van der Waals surface area contributed by atoms with Crippen molar-refractivity contribution in [1.82, 2.24) is 0 Å². The van der Waals surface area contributed by atoms with Gasteiger partial charge in [-0.15, -0.1) is 0 Å². The number of hydrogen-bond acceptors (Lipinski definition) is 2. The molecule has 0 heterocycles. The van der Waals surface area contributed by atoms with Gasteiger partial charge in [-0.2, -0.15) is 0 Å². The van der Waals surface area contributed by atoms with Gasteiger partial charge in [0.1, 0.15) is 0 Å². The Kier molecular flexibility index (Phi) is 3.57. The maximum absolute atomic E-state index is 13.3. The van der Waals surface area contributed by atoms with Crippen LogP contribution in [0.15, 0.2) is 16.6 Å². The molecule has 0 saturated heterocycles. The van der Waals surface area contributed by atoms with Gasteiger partial charge in [-0.3, -0.25) is 4.79 Å². The third-order valence-corrected chi connectivity index (χ3v) is 2.81. The van der Waals surface area contributed by atoms with Gasteiger partial charge in [0.25, 0.3) is 0 Å². The van der Waals surface area contributed by atoms with Crippen LogP contribution in [0.4, 0.5) is 4.39 Å². The van der Waals surface area contributed by atoms with Gasteiger partial charge < -0.3 is 10.2 Å². The highest BCUT2D eigenvalue weighted by molar-refractivity contribution is 9.10. The van der Waals surface area contributed by atoms with E-state index < -0.39 is 23.0 Å². The van der Waals surface area contributed by atoms with Crippen molar-refractivity contribution in [2.75, 3.05) is 0 Å². The maximum atomic E-state index is 13.3. The number of carboxylic acids is 1. The summed E-state index contributed by atoms with van der Waals surface area (Å²) in [6.07, 6.45) is -0.184. The standard InChI is InChI=1S/C11H12BrFO3/c1-11(2,5-9(14)15)7-3-6(12)4-8(13)10(7)16/h3-4,16H,5H2,1-2H3,(H,14,15). The molecule has 2 N–H and O–H groups in total. The van der Waals surface area contributed by atoms with Crippen molar-refractivity contribution < 1.29 is 19.4 Å². The van der Waals surface area contributed by atoms with Crippen molar-refractivity contribution in [2.24, 2.45) is 0 Å². The Morgan fingerprint density at radius 3 is 2.56 bits per heavy atom. The summed E-state index contributed by atoms with van der Waals surface area (Å²) in [6.45, 7) is 3.28. The molecule has 0 radical (unpaired) electrons. The Bertz CT molecular complexity index is 429. The predicted molar refractivity (Wildman–Crippen MR) is 61.0 cm³/mol. The average molecular weight is 291 g/mol. The minimum atomic E-state index is -0.996. The summed E-state index contributed by atoms with van der Waals surface area (Å²) in [5.74, 6) is -2.25. The molecule has 3 nitrogen and oxygen atoms in total. The lowest BCUT2D eigenvalue weighted by Crippen LogP contribution is -2.22. The first-order valence-electron chi connectivity index (χ1n) is 4.64. The summed E-state index contributed by atoms with van der Waals surface area (Å²) in [5, 5.41) is 18.3. The first-order valence-corrected chi connectivity index (χ1v) is 5.43. The van der Waals surface area contributed by atoms with Crippen LogP contribution >= 0.6 is 15.9 Å². The summed E-state index contributed by atoms with van der Waals surface area (Å²) in [6, 6.07) is 2.66. The number of aromatic hydroxyl groups is 1. The smallest absolute Gasteiger partial charge is 0.304 e. The van der Waals surface area contributed by atoms with Gasteiger partial charge in [0.2, 0.25) is 0 Å². The molecule has 0 aliphatic carbocycles. The highest BCUT2D eigenvalue weighted by atomic mass is 79.9. The zero-order valence-electron chi connectivity index (χ0n) is 8.92. The van der Waals surface area contributed by atoms with E-state index in [2.05, 4.69) is 15.9 Å². The Balaban J connectivity index is 3.26. The Morgan fingerprint density at radius 2 is 2.06 bits per heavy atom. The summed E-state index contributed by atoms with van der Waals surface area (Å²) < 4.78 is 13.7. The van der Waals surface area contributed by atoms with Crippen LogP contribution in [0.25, 0.3) is 0 Å². The van der Waals surface area contributed by atoms with E-state index >= 15 is 0 Å². The number of carboxylic acid groups (broad SMARTS) is 1. The number of benzene rings is 1. The Hall–Kier alpha value is -1.10. The van der Waals surface area contributed by atoms with Crippen molar-refractivity contribution in [3.63, 3.8) is 0 Å². The van der Waals surface area contributed by atoms with Crippen molar-refractivity contribution in [2.45, 2.75) is 25.7 Å². The van der Waals surface area contributed by atoms with Crippen molar-refractivity contribution >= 4 is 21.9 Å². The number of carbonyl (C=O) groups is 1. The molecule has 0 fully saturated rings. The van der Waals surface area contributed by atoms with Crippen LogP contribution in [0.2, 0.25) is 0 Å². The number of phenolic OH excluding ortho intramolecular Hbond substituents is 1. The molecule has 1 aromatic rings. The molecule has 0 saturated carbocycles. The molecule has 5 heteroatoms. The fourth-order valence-electron chi connectivity index (χ4n) is 1.56. The van der Waals surface area contributed by atoms with Crippen molar-refractivity contribution in [3.8, 4) is 5.75 Å². The zero-order chi connectivity index (χ0) is 12.5. The molecule has 88 valence electrons. The molecular weight excluding hydrogens is 279 g/mol. The molecule has 1 aromatic carbocycles. The van der Waals surface area contributed by atoms with Gasteiger partial charge in [-0.1, -0.05) is 29.8 Å². The molecular formula is C11H12BrFO3. The van der Waals surface area contributed by atoms with Crippen LogP contribution in [0.3, 0.4) is 0 Å². The number of hydrogen-bond donors (Lipinski definition) is 2. The quantitative estimate of drug-likeness (QED) is 0.900. The highest BCUT2D eigenvalue weighted by Gasteiger charge is 2.28. The molecule has 0 aliphatic rings. The summed E-state index contributed by atoms with van der Waals surface area (Å²) in [5.41, 5.74) is -0.553. The number of rotatable bonds is 3. The van der Waals surface area contributed by atoms with E-state index in [0.29, 0.717) is 4.47 Å². The van der Waals surface area contributed by atoms with E-state index in [4.69, 9.17) is 5.11 Å². The van der Waals surface area contributed by atoms with E-state index in [9.17, 15) is 14.3 Å². The van der Waals surface area contributed by atoms with Gasteiger partial charge in [-0.05, 0) is 12.1 Å². The van der Waals surface area contributed by atoms with Gasteiger partial charge in [-0.25, -0.2) is 4.39 Å². The van der Waals surface area contributed by atoms with Gasteiger partial charge in [0.05, 0.1) is 6.42 Å². The first kappa shape index (κ1) is 13.0. The van der Waals surface area contributed by atoms with Crippen LogP contribution in [-0.4, -0.2) is 16.2 Å². The monoisotopic (exact) mass is 290 g/mol. The second-order valence-electron chi connectivity index (χ2n) is 4.24. The van der Waals surface area contributed by atoms with Crippen LogP contribution in [0.1, 0.15) is 25.8 Å². The summed E-state index contributed by atoms with van der Waals surface area (Å²) in [7, 11) is 0. The number of phenols is 1. The molecule has 0 atom stereocenters. The van der Waals surface area contributed by atoms with E-state index in [1.54, 1.807) is 13.8 Å². The van der Waals surface area contributed by atoms with Gasteiger partial charge in [0, 0.05) is 15.5 Å². The molecule has 0 bridgehead atoms. The van der Waals surface area contributed by atoms with Crippen LogP contribution in [0, 0.1) is 5.82 Å². The minimum absolute atomic E-state index is 0.184. The first-order chi connectivity index (χ1) is 7.24. The lowest BCUT2D eigenvalue weighted by molar-refractivity contribution is -0.138. The second-order valence-corrected chi connectivity index (χ2v) is 5.15. The van der Waals surface area contributed by atoms with E-state index in [1.165, 1.54) is 6.07 Å². The normalized spacial score (nSPS) is 11.5. The largest absolute Gasteiger partial charge is 0.505 e. The number of halogens is 2. The Labute approximate surface area is 101 Å². The van der Waals surface area contributed by atoms with Crippen molar-refractivity contribution in [3.05, 3.63) is 28.0 Å². The van der Waals surface area contributed by atoms with E-state index in [-0.39, 0.29) is 12.0 Å².